The fourth-order valence-electron chi connectivity index (χ4n) is 1.80. The Kier molecular flexibility index (Phi) is 3.82. The molecule has 0 fully saturated rings. The lowest BCUT2D eigenvalue weighted by Gasteiger charge is -2.21. The first-order valence-corrected chi connectivity index (χ1v) is 6.32. The number of aromatic nitrogens is 2. The first kappa shape index (κ1) is 12.8. The van der Waals surface area contributed by atoms with Crippen molar-refractivity contribution in [2.24, 2.45) is 0 Å². The molecule has 2 aromatic heterocycles. The minimum absolute atomic E-state index is 0.145. The van der Waals surface area contributed by atoms with E-state index in [1.165, 1.54) is 11.3 Å². The molecule has 0 aliphatic rings. The van der Waals surface area contributed by atoms with Crippen molar-refractivity contribution in [3.8, 4) is 0 Å². The van der Waals surface area contributed by atoms with Crippen molar-refractivity contribution in [2.45, 2.75) is 39.4 Å². The van der Waals surface area contributed by atoms with Crippen LogP contribution in [-0.2, 0) is 13.1 Å². The molecule has 0 bridgehead atoms. The predicted molar refractivity (Wildman–Crippen MR) is 74.4 cm³/mol. The predicted octanol–water partition coefficient (Wildman–Crippen LogP) is 2.82. The summed E-state index contributed by atoms with van der Waals surface area (Å²) in [5.41, 5.74) is 2.73. The quantitative estimate of drug-likeness (QED) is 0.895. The maximum atomic E-state index is 4.04. The average molecular weight is 243 g/mol. The molecule has 0 radical (unpaired) electrons. The van der Waals surface area contributed by atoms with E-state index in [4.69, 9.17) is 0 Å². The van der Waals surface area contributed by atoms with Crippen LogP contribution in [0.5, 0.6) is 0 Å². The molecule has 0 unspecified atom stereocenters. The van der Waals surface area contributed by atoms with E-state index in [1.54, 1.807) is 0 Å². The van der Waals surface area contributed by atoms with Crippen LogP contribution in [0.25, 0.3) is 0 Å². The smallest absolute Gasteiger partial charge is 0.0474 e. The highest BCUT2D eigenvalue weighted by Gasteiger charge is 2.10. The van der Waals surface area contributed by atoms with Gasteiger partial charge in [0.05, 0.1) is 0 Å². The summed E-state index contributed by atoms with van der Waals surface area (Å²) in [6, 6.07) is 8.38. The summed E-state index contributed by atoms with van der Waals surface area (Å²) in [5.74, 6) is 0. The Hall–Kier alpha value is -1.61. The van der Waals surface area contributed by atoms with Crippen LogP contribution in [0.15, 0.2) is 42.9 Å². The molecule has 0 amide bonds. The Balaban J connectivity index is 2.04. The Morgan fingerprint density at radius 2 is 1.89 bits per heavy atom. The molecule has 0 aromatic carbocycles. The summed E-state index contributed by atoms with van der Waals surface area (Å²) in [6.07, 6.45) is 5.80. The minimum Gasteiger partial charge on any atom is -0.346 e. The number of hydrogen-bond acceptors (Lipinski definition) is 2. The van der Waals surface area contributed by atoms with Crippen LogP contribution in [0.1, 0.15) is 32.0 Å². The van der Waals surface area contributed by atoms with Crippen LogP contribution in [-0.4, -0.2) is 15.1 Å². The maximum Gasteiger partial charge on any atom is 0.0474 e. The lowest BCUT2D eigenvalue weighted by molar-refractivity contribution is 0.417. The lowest BCUT2D eigenvalue weighted by atomic mass is 10.1. The largest absolute Gasteiger partial charge is 0.346 e. The molecule has 0 aliphatic heterocycles. The summed E-state index contributed by atoms with van der Waals surface area (Å²) in [5, 5.41) is 3.52. The molecule has 0 spiro atoms. The van der Waals surface area contributed by atoms with Gasteiger partial charge in [-0.1, -0.05) is 0 Å². The highest BCUT2D eigenvalue weighted by molar-refractivity contribution is 5.14. The van der Waals surface area contributed by atoms with E-state index in [2.05, 4.69) is 66.1 Å². The van der Waals surface area contributed by atoms with Gasteiger partial charge in [-0.2, -0.15) is 0 Å². The Morgan fingerprint density at radius 1 is 1.17 bits per heavy atom. The maximum absolute atomic E-state index is 4.04. The minimum atomic E-state index is 0.145. The summed E-state index contributed by atoms with van der Waals surface area (Å²) in [7, 11) is 0. The van der Waals surface area contributed by atoms with E-state index in [9.17, 15) is 0 Å². The van der Waals surface area contributed by atoms with Crippen molar-refractivity contribution >= 4 is 0 Å². The second-order valence-corrected chi connectivity index (χ2v) is 5.59. The van der Waals surface area contributed by atoms with Crippen molar-refractivity contribution < 1.29 is 0 Å². The third-order valence-electron chi connectivity index (χ3n) is 2.83. The van der Waals surface area contributed by atoms with Crippen molar-refractivity contribution in [3.63, 3.8) is 0 Å². The molecular weight excluding hydrogens is 222 g/mol. The third-order valence-corrected chi connectivity index (χ3v) is 2.83. The van der Waals surface area contributed by atoms with Gasteiger partial charge in [-0.15, -0.1) is 0 Å². The highest BCUT2D eigenvalue weighted by atomic mass is 15.0. The van der Waals surface area contributed by atoms with Gasteiger partial charge in [0.2, 0.25) is 0 Å². The highest BCUT2D eigenvalue weighted by Crippen LogP contribution is 2.09. The van der Waals surface area contributed by atoms with Gasteiger partial charge in [0.25, 0.3) is 0 Å². The molecular formula is C15H21N3. The lowest BCUT2D eigenvalue weighted by Crippen LogP contribution is -2.35. The van der Waals surface area contributed by atoms with Crippen molar-refractivity contribution in [1.82, 2.24) is 14.9 Å². The van der Waals surface area contributed by atoms with E-state index in [0.717, 1.165) is 13.1 Å². The van der Waals surface area contributed by atoms with Gasteiger partial charge in [-0.25, -0.2) is 0 Å². The summed E-state index contributed by atoms with van der Waals surface area (Å²) in [4.78, 5) is 4.04. The molecule has 2 heterocycles. The Labute approximate surface area is 109 Å². The van der Waals surface area contributed by atoms with Gasteiger partial charge in [0, 0.05) is 42.9 Å². The zero-order valence-electron chi connectivity index (χ0n) is 11.4. The van der Waals surface area contributed by atoms with Crippen molar-refractivity contribution in [2.75, 3.05) is 0 Å². The fraction of sp³-hybridized carbons (Fsp3) is 0.400. The van der Waals surface area contributed by atoms with Crippen LogP contribution < -0.4 is 5.32 Å². The van der Waals surface area contributed by atoms with Crippen LogP contribution in [0, 0.1) is 0 Å². The van der Waals surface area contributed by atoms with Gasteiger partial charge >= 0.3 is 0 Å². The molecule has 1 N–H and O–H groups in total. The van der Waals surface area contributed by atoms with Crippen LogP contribution >= 0.6 is 0 Å². The second-order valence-electron chi connectivity index (χ2n) is 5.59. The molecule has 96 valence electrons. The van der Waals surface area contributed by atoms with E-state index >= 15 is 0 Å². The zero-order chi connectivity index (χ0) is 13.0. The first-order chi connectivity index (χ1) is 8.54. The van der Waals surface area contributed by atoms with Gasteiger partial charge in [0.1, 0.15) is 0 Å². The van der Waals surface area contributed by atoms with Crippen LogP contribution in [0.2, 0.25) is 0 Å². The first-order valence-electron chi connectivity index (χ1n) is 6.32. The molecule has 3 nitrogen and oxygen atoms in total. The SMILES string of the molecule is CC(C)(C)NCc1cccn1Cc1ccncc1. The molecule has 0 atom stereocenters. The van der Waals surface area contributed by atoms with E-state index in [-0.39, 0.29) is 5.54 Å². The number of nitrogens with zero attached hydrogens (tertiary/aromatic N) is 2. The van der Waals surface area contributed by atoms with E-state index < -0.39 is 0 Å². The van der Waals surface area contributed by atoms with Crippen molar-refractivity contribution in [1.29, 1.82) is 0 Å². The van der Waals surface area contributed by atoms with Crippen LogP contribution in [0.4, 0.5) is 0 Å². The van der Waals surface area contributed by atoms with Gasteiger partial charge in [0.15, 0.2) is 0 Å². The number of hydrogen-bond donors (Lipinski definition) is 1. The normalized spacial score (nSPS) is 11.7. The Morgan fingerprint density at radius 3 is 2.56 bits per heavy atom. The summed E-state index contributed by atoms with van der Waals surface area (Å²) < 4.78 is 2.27. The Bertz CT molecular complexity index is 480. The van der Waals surface area contributed by atoms with E-state index in [0.29, 0.717) is 0 Å². The number of nitrogens with one attached hydrogen (secondary N) is 1. The third kappa shape index (κ3) is 3.70. The summed E-state index contributed by atoms with van der Waals surface area (Å²) in [6.45, 7) is 8.34. The van der Waals surface area contributed by atoms with E-state index in [1.807, 2.05) is 12.4 Å². The van der Waals surface area contributed by atoms with Crippen molar-refractivity contribution in [3.05, 3.63) is 54.1 Å². The summed E-state index contributed by atoms with van der Waals surface area (Å²) >= 11 is 0. The second kappa shape index (κ2) is 5.36. The molecule has 3 heteroatoms. The monoisotopic (exact) mass is 243 g/mol. The zero-order valence-corrected chi connectivity index (χ0v) is 11.4. The fourth-order valence-corrected chi connectivity index (χ4v) is 1.80. The van der Waals surface area contributed by atoms with Gasteiger partial charge < -0.3 is 9.88 Å². The molecule has 18 heavy (non-hydrogen) atoms. The average Bonchev–Trinajstić information content (AvgIpc) is 2.74. The molecule has 2 rings (SSSR count). The molecule has 2 aromatic rings. The van der Waals surface area contributed by atoms with Crippen LogP contribution in [0.3, 0.4) is 0 Å². The van der Waals surface area contributed by atoms with Gasteiger partial charge in [-0.05, 0) is 50.6 Å². The molecule has 0 saturated carbocycles. The topological polar surface area (TPSA) is 29.9 Å². The number of rotatable bonds is 4. The van der Waals surface area contributed by atoms with Gasteiger partial charge in [-0.3, -0.25) is 4.98 Å². The molecule has 0 saturated heterocycles. The number of pyridine rings is 1. The molecule has 0 aliphatic carbocycles. The standard InChI is InChI=1S/C15H21N3/c1-15(2,3)17-11-14-5-4-10-18(14)12-13-6-8-16-9-7-13/h4-10,17H,11-12H2,1-3H3.